The number of carboxylic acid groups (broad SMARTS) is 1. The third kappa shape index (κ3) is 6.55. The van der Waals surface area contributed by atoms with Crippen molar-refractivity contribution in [2.75, 3.05) is 6.54 Å². The Morgan fingerprint density at radius 1 is 1.22 bits per heavy atom. The Hall–Kier alpha value is -1.64. The summed E-state index contributed by atoms with van der Waals surface area (Å²) in [6.45, 7) is 3.10. The highest BCUT2D eigenvalue weighted by Crippen LogP contribution is 2.13. The van der Waals surface area contributed by atoms with E-state index in [4.69, 9.17) is 16.7 Å². The van der Waals surface area contributed by atoms with Gasteiger partial charge < -0.3 is 10.4 Å². The van der Waals surface area contributed by atoms with Crippen LogP contribution in [0.5, 0.6) is 0 Å². The number of hydrogen-bond acceptors (Lipinski definition) is 4. The van der Waals surface area contributed by atoms with Crippen molar-refractivity contribution in [1.29, 1.82) is 0 Å². The monoisotopic (exact) mass is 362 g/mol. The number of rotatable bonds is 8. The van der Waals surface area contributed by atoms with Gasteiger partial charge in [-0.1, -0.05) is 25.4 Å². The van der Waals surface area contributed by atoms with Gasteiger partial charge >= 0.3 is 5.97 Å². The van der Waals surface area contributed by atoms with E-state index in [0.717, 1.165) is 0 Å². The lowest BCUT2D eigenvalue weighted by molar-refractivity contribution is -0.142. The summed E-state index contributed by atoms with van der Waals surface area (Å²) in [6.07, 6.45) is 0.255. The summed E-state index contributed by atoms with van der Waals surface area (Å²) in [6, 6.07) is 4.39. The summed E-state index contributed by atoms with van der Waals surface area (Å²) in [5, 5.41) is 11.7. The number of carbonyl (C=O) groups is 2. The van der Waals surface area contributed by atoms with Crippen LogP contribution in [-0.2, 0) is 19.6 Å². The number of aliphatic carboxylic acids is 1. The third-order valence-electron chi connectivity index (χ3n) is 2.89. The maximum atomic E-state index is 12.0. The molecule has 128 valence electrons. The van der Waals surface area contributed by atoms with Crippen LogP contribution in [0.2, 0.25) is 5.02 Å². The lowest BCUT2D eigenvalue weighted by Crippen LogP contribution is -2.46. The second-order valence-electron chi connectivity index (χ2n) is 5.37. The van der Waals surface area contributed by atoms with Gasteiger partial charge in [-0.15, -0.1) is 0 Å². The van der Waals surface area contributed by atoms with Crippen molar-refractivity contribution >= 4 is 33.5 Å². The van der Waals surface area contributed by atoms with Crippen LogP contribution in [0.25, 0.3) is 0 Å². The van der Waals surface area contributed by atoms with E-state index in [0.29, 0.717) is 5.02 Å². The molecule has 0 saturated heterocycles. The number of halogens is 1. The van der Waals surface area contributed by atoms with E-state index < -0.39 is 34.5 Å². The molecular formula is C14H19ClN2O5S. The first kappa shape index (κ1) is 19.4. The van der Waals surface area contributed by atoms with Crippen molar-refractivity contribution in [2.24, 2.45) is 5.92 Å². The van der Waals surface area contributed by atoms with Crippen LogP contribution in [0.4, 0.5) is 0 Å². The van der Waals surface area contributed by atoms with Gasteiger partial charge in [-0.3, -0.25) is 4.79 Å². The van der Waals surface area contributed by atoms with Gasteiger partial charge in [0.25, 0.3) is 0 Å². The van der Waals surface area contributed by atoms with Crippen molar-refractivity contribution in [3.8, 4) is 0 Å². The molecule has 23 heavy (non-hydrogen) atoms. The summed E-state index contributed by atoms with van der Waals surface area (Å²) in [5.74, 6) is -1.80. The van der Waals surface area contributed by atoms with E-state index in [-0.39, 0.29) is 17.2 Å². The molecular weight excluding hydrogens is 344 g/mol. The number of sulfonamides is 1. The maximum absolute atomic E-state index is 12.0. The molecule has 1 amide bonds. The Balaban J connectivity index is 2.64. The molecule has 7 nitrogen and oxygen atoms in total. The molecule has 1 rings (SSSR count). The first-order valence-electron chi connectivity index (χ1n) is 6.89. The summed E-state index contributed by atoms with van der Waals surface area (Å²) >= 11 is 5.68. The molecule has 1 aromatic rings. The Bertz CT molecular complexity index is 658. The molecule has 1 unspecified atom stereocenters. The number of nitrogens with one attached hydrogen (secondary N) is 2. The Morgan fingerprint density at radius 3 is 2.26 bits per heavy atom. The molecule has 3 N–H and O–H groups in total. The zero-order valence-electron chi connectivity index (χ0n) is 12.7. The summed E-state index contributed by atoms with van der Waals surface area (Å²) in [4.78, 5) is 22.8. The van der Waals surface area contributed by atoms with E-state index in [9.17, 15) is 18.0 Å². The molecule has 0 aliphatic rings. The SMILES string of the molecule is CC(C)CC(NC(=O)CNS(=O)(=O)c1ccc(Cl)cc1)C(=O)O. The van der Waals surface area contributed by atoms with E-state index >= 15 is 0 Å². The summed E-state index contributed by atoms with van der Waals surface area (Å²) in [5.41, 5.74) is 0. The van der Waals surface area contributed by atoms with Crippen molar-refractivity contribution < 1.29 is 23.1 Å². The molecule has 0 saturated carbocycles. The Labute approximate surface area is 140 Å². The quantitative estimate of drug-likeness (QED) is 0.644. The molecule has 1 aromatic carbocycles. The van der Waals surface area contributed by atoms with Crippen molar-refractivity contribution in [3.05, 3.63) is 29.3 Å². The fourth-order valence-electron chi connectivity index (χ4n) is 1.80. The van der Waals surface area contributed by atoms with Crippen LogP contribution in [-0.4, -0.2) is 38.0 Å². The predicted octanol–water partition coefficient (Wildman–Crippen LogP) is 1.23. The molecule has 0 radical (unpaired) electrons. The highest BCUT2D eigenvalue weighted by atomic mass is 35.5. The van der Waals surface area contributed by atoms with Crippen LogP contribution in [0, 0.1) is 5.92 Å². The predicted molar refractivity (Wildman–Crippen MR) is 85.7 cm³/mol. The van der Waals surface area contributed by atoms with Crippen molar-refractivity contribution in [1.82, 2.24) is 10.0 Å². The average molecular weight is 363 g/mol. The molecule has 0 aliphatic carbocycles. The molecule has 9 heteroatoms. The van der Waals surface area contributed by atoms with E-state index in [1.807, 2.05) is 13.8 Å². The van der Waals surface area contributed by atoms with E-state index in [1.54, 1.807) is 0 Å². The Morgan fingerprint density at radius 2 is 1.78 bits per heavy atom. The Kier molecular flexibility index (Phi) is 6.99. The first-order chi connectivity index (χ1) is 10.6. The average Bonchev–Trinajstić information content (AvgIpc) is 2.44. The fraction of sp³-hybridized carbons (Fsp3) is 0.429. The molecule has 0 bridgehead atoms. The molecule has 0 heterocycles. The van der Waals surface area contributed by atoms with Crippen LogP contribution >= 0.6 is 11.6 Å². The van der Waals surface area contributed by atoms with Gasteiger partial charge in [-0.05, 0) is 36.6 Å². The van der Waals surface area contributed by atoms with Crippen LogP contribution in [0.1, 0.15) is 20.3 Å². The molecule has 0 spiro atoms. The second kappa shape index (κ2) is 8.28. The van der Waals surface area contributed by atoms with Crippen molar-refractivity contribution in [2.45, 2.75) is 31.2 Å². The van der Waals surface area contributed by atoms with Gasteiger partial charge in [0, 0.05) is 5.02 Å². The van der Waals surface area contributed by atoms with Crippen LogP contribution < -0.4 is 10.0 Å². The third-order valence-corrected chi connectivity index (χ3v) is 4.56. The highest BCUT2D eigenvalue weighted by molar-refractivity contribution is 7.89. The summed E-state index contributed by atoms with van der Waals surface area (Å²) in [7, 11) is -3.87. The number of benzene rings is 1. The number of amides is 1. The van der Waals surface area contributed by atoms with Gasteiger partial charge in [-0.2, -0.15) is 0 Å². The number of carbonyl (C=O) groups excluding carboxylic acids is 1. The van der Waals surface area contributed by atoms with Crippen molar-refractivity contribution in [3.63, 3.8) is 0 Å². The van der Waals surface area contributed by atoms with E-state index in [2.05, 4.69) is 10.0 Å². The van der Waals surface area contributed by atoms with Crippen LogP contribution in [0.15, 0.2) is 29.2 Å². The lowest BCUT2D eigenvalue weighted by atomic mass is 10.0. The lowest BCUT2D eigenvalue weighted by Gasteiger charge is -2.16. The minimum atomic E-state index is -3.87. The molecule has 0 aromatic heterocycles. The van der Waals surface area contributed by atoms with Gasteiger partial charge in [0.05, 0.1) is 11.4 Å². The minimum Gasteiger partial charge on any atom is -0.480 e. The largest absolute Gasteiger partial charge is 0.480 e. The topological polar surface area (TPSA) is 113 Å². The maximum Gasteiger partial charge on any atom is 0.326 e. The first-order valence-corrected chi connectivity index (χ1v) is 8.75. The highest BCUT2D eigenvalue weighted by Gasteiger charge is 2.22. The number of carboxylic acids is 1. The molecule has 0 fully saturated rings. The number of hydrogen-bond donors (Lipinski definition) is 3. The van der Waals surface area contributed by atoms with Crippen LogP contribution in [0.3, 0.4) is 0 Å². The summed E-state index contributed by atoms with van der Waals surface area (Å²) < 4.78 is 26.1. The smallest absolute Gasteiger partial charge is 0.326 e. The van der Waals surface area contributed by atoms with Gasteiger partial charge in [-0.25, -0.2) is 17.9 Å². The zero-order valence-corrected chi connectivity index (χ0v) is 14.3. The fourth-order valence-corrected chi connectivity index (χ4v) is 2.90. The van der Waals surface area contributed by atoms with Gasteiger partial charge in [0.2, 0.25) is 15.9 Å². The minimum absolute atomic E-state index is 0.0355. The second-order valence-corrected chi connectivity index (χ2v) is 7.57. The zero-order chi connectivity index (χ0) is 17.6. The molecule has 1 atom stereocenters. The standard InChI is InChI=1S/C14H19ClN2O5S/c1-9(2)7-12(14(19)20)17-13(18)8-16-23(21,22)11-5-3-10(15)4-6-11/h3-6,9,12,16H,7-8H2,1-2H3,(H,17,18)(H,19,20). The van der Waals surface area contributed by atoms with Gasteiger partial charge in [0.1, 0.15) is 6.04 Å². The van der Waals surface area contributed by atoms with E-state index in [1.165, 1.54) is 24.3 Å². The molecule has 0 aliphatic heterocycles. The van der Waals surface area contributed by atoms with Gasteiger partial charge in [0.15, 0.2) is 0 Å². The normalized spacial score (nSPS) is 12.9.